The van der Waals surface area contributed by atoms with E-state index in [1.807, 2.05) is 12.1 Å². The molecule has 1 aliphatic rings. The summed E-state index contributed by atoms with van der Waals surface area (Å²) in [5.74, 6) is 1.29. The van der Waals surface area contributed by atoms with Crippen molar-refractivity contribution < 1.29 is 4.42 Å². The van der Waals surface area contributed by atoms with Crippen LogP contribution in [0, 0.1) is 6.92 Å². The van der Waals surface area contributed by atoms with Crippen LogP contribution < -0.4 is 0 Å². The molecule has 0 amide bonds. The highest BCUT2D eigenvalue weighted by Crippen LogP contribution is 2.26. The van der Waals surface area contributed by atoms with Crippen LogP contribution in [0.4, 0.5) is 0 Å². The standard InChI is InChI=1S/C26H28N4O/c1-19-7-5-10-22(17-19)26-28-27-25(31-26)20(2)30-15-13-29(14-16-30)18-23-11-6-9-21-8-3-4-12-24(21)23/h3-12,17,20H,13-16,18H2,1-2H3/t20-/m0/s1. The third-order valence-corrected chi connectivity index (χ3v) is 6.29. The minimum atomic E-state index is 0.116. The van der Waals surface area contributed by atoms with E-state index >= 15 is 0 Å². The lowest BCUT2D eigenvalue weighted by Gasteiger charge is -2.37. The zero-order valence-electron chi connectivity index (χ0n) is 18.2. The van der Waals surface area contributed by atoms with Crippen LogP contribution in [0.5, 0.6) is 0 Å². The van der Waals surface area contributed by atoms with Gasteiger partial charge in [-0.05, 0) is 42.3 Å². The highest BCUT2D eigenvalue weighted by Gasteiger charge is 2.26. The van der Waals surface area contributed by atoms with E-state index in [-0.39, 0.29) is 6.04 Å². The van der Waals surface area contributed by atoms with Crippen LogP contribution in [0.2, 0.25) is 0 Å². The lowest BCUT2D eigenvalue weighted by Crippen LogP contribution is -2.46. The maximum Gasteiger partial charge on any atom is 0.247 e. The summed E-state index contributed by atoms with van der Waals surface area (Å²) >= 11 is 0. The van der Waals surface area contributed by atoms with Gasteiger partial charge in [-0.15, -0.1) is 10.2 Å². The zero-order chi connectivity index (χ0) is 21.2. The van der Waals surface area contributed by atoms with Gasteiger partial charge < -0.3 is 4.42 Å². The Labute approximate surface area is 183 Å². The molecule has 3 aromatic carbocycles. The summed E-state index contributed by atoms with van der Waals surface area (Å²) in [5.41, 5.74) is 3.57. The second-order valence-electron chi connectivity index (χ2n) is 8.44. The Morgan fingerprint density at radius 3 is 2.52 bits per heavy atom. The van der Waals surface area contributed by atoms with Gasteiger partial charge in [-0.25, -0.2) is 0 Å². The molecule has 158 valence electrons. The Kier molecular flexibility index (Phi) is 5.53. The molecule has 0 saturated carbocycles. The van der Waals surface area contributed by atoms with Crippen LogP contribution in [0.15, 0.2) is 71.1 Å². The van der Waals surface area contributed by atoms with E-state index < -0.39 is 0 Å². The van der Waals surface area contributed by atoms with E-state index in [1.165, 1.54) is 21.9 Å². The van der Waals surface area contributed by atoms with Gasteiger partial charge in [-0.3, -0.25) is 9.80 Å². The smallest absolute Gasteiger partial charge is 0.247 e. The van der Waals surface area contributed by atoms with Gasteiger partial charge in [0.1, 0.15) is 0 Å². The Hall–Kier alpha value is -3.02. The van der Waals surface area contributed by atoms with Crippen LogP contribution in [0.25, 0.3) is 22.2 Å². The van der Waals surface area contributed by atoms with Crippen molar-refractivity contribution in [2.45, 2.75) is 26.4 Å². The van der Waals surface area contributed by atoms with Crippen molar-refractivity contribution in [3.05, 3.63) is 83.7 Å². The van der Waals surface area contributed by atoms with E-state index in [9.17, 15) is 0 Å². The van der Waals surface area contributed by atoms with Gasteiger partial charge in [0.2, 0.25) is 11.8 Å². The highest BCUT2D eigenvalue weighted by molar-refractivity contribution is 5.85. The van der Waals surface area contributed by atoms with Crippen molar-refractivity contribution in [3.8, 4) is 11.5 Å². The molecular formula is C26H28N4O. The molecule has 0 spiro atoms. The molecule has 0 N–H and O–H groups in total. The fraction of sp³-hybridized carbons (Fsp3) is 0.308. The first-order valence-electron chi connectivity index (χ1n) is 11.0. The first kappa shape index (κ1) is 19.9. The number of benzene rings is 3. The summed E-state index contributed by atoms with van der Waals surface area (Å²) in [7, 11) is 0. The van der Waals surface area contributed by atoms with E-state index in [0.29, 0.717) is 11.8 Å². The second kappa shape index (κ2) is 8.61. The fourth-order valence-electron chi connectivity index (χ4n) is 4.43. The highest BCUT2D eigenvalue weighted by atomic mass is 16.4. The SMILES string of the molecule is Cc1cccc(-c2nnc([C@H](C)N3CCN(Cc4cccc5ccccc45)CC3)o2)c1. The molecule has 0 aliphatic carbocycles. The number of aromatic nitrogens is 2. The quantitative estimate of drug-likeness (QED) is 0.458. The third-order valence-electron chi connectivity index (χ3n) is 6.29. The molecule has 1 saturated heterocycles. The van der Waals surface area contributed by atoms with Gasteiger partial charge in [0.15, 0.2) is 0 Å². The van der Waals surface area contributed by atoms with Crippen molar-refractivity contribution in [3.63, 3.8) is 0 Å². The molecule has 5 nitrogen and oxygen atoms in total. The largest absolute Gasteiger partial charge is 0.419 e. The Balaban J connectivity index is 1.22. The maximum absolute atomic E-state index is 6.03. The molecule has 2 heterocycles. The van der Waals surface area contributed by atoms with E-state index in [4.69, 9.17) is 4.42 Å². The average molecular weight is 413 g/mol. The molecule has 5 heteroatoms. The number of fused-ring (bicyclic) bond motifs is 1. The summed E-state index contributed by atoms with van der Waals surface area (Å²) in [6, 6.07) is 23.6. The van der Waals surface area contributed by atoms with Crippen molar-refractivity contribution in [2.24, 2.45) is 0 Å². The minimum absolute atomic E-state index is 0.116. The molecule has 1 aromatic heterocycles. The van der Waals surface area contributed by atoms with Gasteiger partial charge in [0, 0.05) is 38.3 Å². The number of hydrogen-bond acceptors (Lipinski definition) is 5. The van der Waals surface area contributed by atoms with Crippen molar-refractivity contribution in [1.29, 1.82) is 0 Å². The topological polar surface area (TPSA) is 45.4 Å². The normalized spacial score (nSPS) is 16.6. The first-order valence-corrected chi connectivity index (χ1v) is 11.0. The Bertz CT molecular complexity index is 1170. The van der Waals surface area contributed by atoms with E-state index in [0.717, 1.165) is 38.3 Å². The number of piperazine rings is 1. The summed E-state index contributed by atoms with van der Waals surface area (Å²) in [4.78, 5) is 4.98. The van der Waals surface area contributed by atoms with E-state index in [1.54, 1.807) is 0 Å². The predicted molar refractivity (Wildman–Crippen MR) is 124 cm³/mol. The first-order chi connectivity index (χ1) is 15.2. The third kappa shape index (κ3) is 4.24. The van der Waals surface area contributed by atoms with Gasteiger partial charge in [-0.2, -0.15) is 0 Å². The van der Waals surface area contributed by atoms with Crippen molar-refractivity contribution in [2.75, 3.05) is 26.2 Å². The molecule has 0 bridgehead atoms. The lowest BCUT2D eigenvalue weighted by molar-refractivity contribution is 0.0878. The molecular weight excluding hydrogens is 384 g/mol. The summed E-state index contributed by atoms with van der Waals surface area (Å²) in [5, 5.41) is 11.3. The fourth-order valence-corrected chi connectivity index (χ4v) is 4.43. The number of rotatable bonds is 5. The number of nitrogens with zero attached hydrogens (tertiary/aromatic N) is 4. The number of hydrogen-bond donors (Lipinski definition) is 0. The summed E-state index contributed by atoms with van der Waals surface area (Å²) in [6.07, 6.45) is 0. The van der Waals surface area contributed by atoms with Crippen LogP contribution in [-0.2, 0) is 6.54 Å². The monoisotopic (exact) mass is 412 g/mol. The van der Waals surface area contributed by atoms with Crippen LogP contribution in [0.3, 0.4) is 0 Å². The number of aryl methyl sites for hydroxylation is 1. The second-order valence-corrected chi connectivity index (χ2v) is 8.44. The zero-order valence-corrected chi connectivity index (χ0v) is 18.2. The van der Waals surface area contributed by atoms with Crippen molar-refractivity contribution in [1.82, 2.24) is 20.0 Å². The van der Waals surface area contributed by atoms with Crippen LogP contribution in [0.1, 0.15) is 30.0 Å². The molecule has 4 aromatic rings. The Morgan fingerprint density at radius 1 is 0.903 bits per heavy atom. The molecule has 31 heavy (non-hydrogen) atoms. The van der Waals surface area contributed by atoms with Crippen LogP contribution >= 0.6 is 0 Å². The molecule has 1 aliphatic heterocycles. The lowest BCUT2D eigenvalue weighted by atomic mass is 10.0. The Morgan fingerprint density at radius 2 is 1.68 bits per heavy atom. The summed E-state index contributed by atoms with van der Waals surface area (Å²) < 4.78 is 6.03. The average Bonchev–Trinajstić information content (AvgIpc) is 3.30. The molecule has 0 radical (unpaired) electrons. The minimum Gasteiger partial charge on any atom is -0.419 e. The van der Waals surface area contributed by atoms with Crippen molar-refractivity contribution >= 4 is 10.8 Å². The van der Waals surface area contributed by atoms with Crippen LogP contribution in [-0.4, -0.2) is 46.2 Å². The summed E-state index contributed by atoms with van der Waals surface area (Å²) in [6.45, 7) is 9.28. The molecule has 1 fully saturated rings. The van der Waals surface area contributed by atoms with Gasteiger partial charge in [0.25, 0.3) is 0 Å². The molecule has 0 unspecified atom stereocenters. The van der Waals surface area contributed by atoms with Gasteiger partial charge in [-0.1, -0.05) is 60.2 Å². The maximum atomic E-state index is 6.03. The van der Waals surface area contributed by atoms with E-state index in [2.05, 4.69) is 88.4 Å². The van der Waals surface area contributed by atoms with Gasteiger partial charge in [0.05, 0.1) is 6.04 Å². The van der Waals surface area contributed by atoms with Gasteiger partial charge >= 0.3 is 0 Å². The molecule has 1 atom stereocenters. The predicted octanol–water partition coefficient (Wildman–Crippen LogP) is 5.08. The molecule has 5 rings (SSSR count).